The molecule has 0 aromatic carbocycles. The lowest BCUT2D eigenvalue weighted by Gasteiger charge is -2.20. The van der Waals surface area contributed by atoms with Gasteiger partial charge in [0.1, 0.15) is 17.6 Å². The van der Waals surface area contributed by atoms with Gasteiger partial charge in [-0.15, -0.1) is 0 Å². The Morgan fingerprint density at radius 1 is 1.42 bits per heavy atom. The molecule has 4 nitrogen and oxygen atoms in total. The van der Waals surface area contributed by atoms with Crippen LogP contribution in [0.15, 0.2) is 39.7 Å². The van der Waals surface area contributed by atoms with Crippen LogP contribution in [0.4, 0.5) is 0 Å². The Hall–Kier alpha value is -2.20. The van der Waals surface area contributed by atoms with Crippen molar-refractivity contribution in [3.05, 3.63) is 62.9 Å². The van der Waals surface area contributed by atoms with Gasteiger partial charge in [0.05, 0.1) is 16.3 Å². The Kier molecular flexibility index (Phi) is 4.18. The summed E-state index contributed by atoms with van der Waals surface area (Å²) in [5.74, 6) is 1.12. The molecular formula is C19H20ClNO3. The van der Waals surface area contributed by atoms with Crippen molar-refractivity contribution in [2.45, 2.75) is 39.2 Å². The Bertz CT molecular complexity index is 886. The quantitative estimate of drug-likeness (QED) is 0.813. The molecule has 1 N–H and O–H groups in total. The number of rotatable bonds is 3. The van der Waals surface area contributed by atoms with Crippen LogP contribution in [0, 0.1) is 0 Å². The molecule has 3 heterocycles. The number of nitrogens with one attached hydrogen (secondary N) is 1. The summed E-state index contributed by atoms with van der Waals surface area (Å²) in [4.78, 5) is 15.4. The fourth-order valence-corrected chi connectivity index (χ4v) is 2.92. The lowest BCUT2D eigenvalue weighted by atomic mass is 9.83. The molecule has 1 aliphatic heterocycles. The molecule has 0 bridgehead atoms. The lowest BCUT2D eigenvalue weighted by Crippen LogP contribution is -2.32. The van der Waals surface area contributed by atoms with Gasteiger partial charge in [0.2, 0.25) is 0 Å². The Labute approximate surface area is 145 Å². The molecule has 5 heteroatoms. The minimum absolute atomic E-state index is 0.0650. The van der Waals surface area contributed by atoms with Crippen LogP contribution in [0.2, 0.25) is 5.02 Å². The van der Waals surface area contributed by atoms with Gasteiger partial charge in [-0.2, -0.15) is 0 Å². The SMILES string of the molecule is CC(=CC=Cc1[nH]ccc1Cl)c1cc2c(c(=O)o1)C(C)(C)C(C)O2. The normalized spacial score (nSPS) is 19.5. The second-order valence-electron chi connectivity index (χ2n) is 6.57. The number of aromatic amines is 1. The van der Waals surface area contributed by atoms with Crippen molar-refractivity contribution in [2.75, 3.05) is 0 Å². The second-order valence-corrected chi connectivity index (χ2v) is 6.97. The molecule has 0 spiro atoms. The molecule has 126 valence electrons. The first-order valence-corrected chi connectivity index (χ1v) is 8.22. The molecule has 0 radical (unpaired) electrons. The van der Waals surface area contributed by atoms with Crippen molar-refractivity contribution < 1.29 is 9.15 Å². The van der Waals surface area contributed by atoms with E-state index in [-0.39, 0.29) is 17.1 Å². The van der Waals surface area contributed by atoms with Crippen molar-refractivity contribution >= 4 is 23.3 Å². The predicted octanol–water partition coefficient (Wildman–Crippen LogP) is 4.80. The Morgan fingerprint density at radius 3 is 2.83 bits per heavy atom. The fraction of sp³-hybridized carbons (Fsp3) is 0.316. The van der Waals surface area contributed by atoms with Crippen LogP contribution in [0.3, 0.4) is 0 Å². The monoisotopic (exact) mass is 345 g/mol. The van der Waals surface area contributed by atoms with Gasteiger partial charge in [-0.25, -0.2) is 4.79 Å². The number of fused-ring (bicyclic) bond motifs is 1. The first-order valence-electron chi connectivity index (χ1n) is 7.84. The molecule has 0 amide bonds. The van der Waals surface area contributed by atoms with E-state index in [4.69, 9.17) is 20.8 Å². The van der Waals surface area contributed by atoms with Crippen molar-refractivity contribution in [1.29, 1.82) is 0 Å². The van der Waals surface area contributed by atoms with E-state index in [1.165, 1.54) is 0 Å². The number of hydrogen-bond acceptors (Lipinski definition) is 3. The predicted molar refractivity (Wildman–Crippen MR) is 96.6 cm³/mol. The summed E-state index contributed by atoms with van der Waals surface area (Å²) in [5.41, 5.74) is 1.59. The minimum Gasteiger partial charge on any atom is -0.489 e. The molecule has 24 heavy (non-hydrogen) atoms. The van der Waals surface area contributed by atoms with E-state index in [0.717, 1.165) is 11.3 Å². The van der Waals surface area contributed by atoms with E-state index < -0.39 is 0 Å². The number of allylic oxidation sites excluding steroid dienone is 3. The summed E-state index contributed by atoms with van der Waals surface area (Å²) in [7, 11) is 0. The molecule has 0 aliphatic carbocycles. The molecule has 0 saturated heterocycles. The molecule has 2 aromatic rings. The largest absolute Gasteiger partial charge is 0.489 e. The van der Waals surface area contributed by atoms with E-state index in [2.05, 4.69) is 4.98 Å². The molecule has 0 saturated carbocycles. The molecule has 1 unspecified atom stereocenters. The van der Waals surface area contributed by atoms with Crippen molar-refractivity contribution in [3.63, 3.8) is 0 Å². The molecule has 0 fully saturated rings. The van der Waals surface area contributed by atoms with Crippen LogP contribution in [0.5, 0.6) is 5.75 Å². The van der Waals surface area contributed by atoms with Gasteiger partial charge in [-0.05, 0) is 31.6 Å². The number of H-pyrrole nitrogens is 1. The lowest BCUT2D eigenvalue weighted by molar-refractivity contribution is 0.185. The van der Waals surface area contributed by atoms with E-state index in [9.17, 15) is 4.79 Å². The molecule has 1 atom stereocenters. The Balaban J connectivity index is 1.91. The summed E-state index contributed by atoms with van der Waals surface area (Å²) in [6.07, 6.45) is 7.29. The molecular weight excluding hydrogens is 326 g/mol. The molecule has 1 aliphatic rings. The second kappa shape index (κ2) is 6.02. The van der Waals surface area contributed by atoms with Crippen LogP contribution in [0.25, 0.3) is 11.6 Å². The maximum Gasteiger partial charge on any atom is 0.343 e. The highest BCUT2D eigenvalue weighted by molar-refractivity contribution is 6.31. The van der Waals surface area contributed by atoms with Crippen LogP contribution in [-0.4, -0.2) is 11.1 Å². The van der Waals surface area contributed by atoms with Crippen LogP contribution >= 0.6 is 11.6 Å². The highest BCUT2D eigenvalue weighted by Gasteiger charge is 2.42. The minimum atomic E-state index is -0.351. The summed E-state index contributed by atoms with van der Waals surface area (Å²) in [6.45, 7) is 7.83. The first kappa shape index (κ1) is 16.7. The van der Waals surface area contributed by atoms with E-state index in [1.54, 1.807) is 18.3 Å². The van der Waals surface area contributed by atoms with Crippen LogP contribution in [0.1, 0.15) is 44.7 Å². The van der Waals surface area contributed by atoms with E-state index in [1.807, 2.05) is 45.9 Å². The van der Waals surface area contributed by atoms with Crippen molar-refractivity contribution in [1.82, 2.24) is 4.98 Å². The summed E-state index contributed by atoms with van der Waals surface area (Å²) < 4.78 is 11.4. The van der Waals surface area contributed by atoms with Crippen LogP contribution < -0.4 is 10.4 Å². The summed E-state index contributed by atoms with van der Waals surface area (Å²) in [5, 5.41) is 0.658. The smallest absolute Gasteiger partial charge is 0.343 e. The number of aromatic nitrogens is 1. The zero-order valence-corrected chi connectivity index (χ0v) is 14.9. The maximum atomic E-state index is 12.4. The Morgan fingerprint density at radius 2 is 2.17 bits per heavy atom. The van der Waals surface area contributed by atoms with Gasteiger partial charge >= 0.3 is 5.63 Å². The van der Waals surface area contributed by atoms with Gasteiger partial charge in [0.15, 0.2) is 0 Å². The highest BCUT2D eigenvalue weighted by Crippen LogP contribution is 2.41. The maximum absolute atomic E-state index is 12.4. The van der Waals surface area contributed by atoms with E-state index in [0.29, 0.717) is 22.1 Å². The standard InChI is InChI=1S/C19H20ClNO3/c1-11(6-5-7-14-13(20)8-9-21-14)15-10-16-17(18(22)24-15)19(3,4)12(2)23-16/h5-10,12,21H,1-4H3. The van der Waals surface area contributed by atoms with Gasteiger partial charge in [0, 0.05) is 17.7 Å². The van der Waals surface area contributed by atoms with Gasteiger partial charge in [-0.1, -0.05) is 37.6 Å². The third-order valence-corrected chi connectivity index (χ3v) is 4.93. The molecule has 3 rings (SSSR count). The fourth-order valence-electron chi connectivity index (χ4n) is 2.74. The first-order chi connectivity index (χ1) is 11.3. The summed E-state index contributed by atoms with van der Waals surface area (Å²) in [6, 6.07) is 3.58. The van der Waals surface area contributed by atoms with Crippen molar-refractivity contribution in [3.8, 4) is 5.75 Å². The summed E-state index contributed by atoms with van der Waals surface area (Å²) >= 11 is 6.02. The van der Waals surface area contributed by atoms with Crippen molar-refractivity contribution in [2.24, 2.45) is 0 Å². The third-order valence-electron chi connectivity index (χ3n) is 4.60. The zero-order chi connectivity index (χ0) is 17.5. The van der Waals surface area contributed by atoms with Gasteiger partial charge in [0.25, 0.3) is 0 Å². The molecule has 2 aromatic heterocycles. The van der Waals surface area contributed by atoms with Crippen LogP contribution in [-0.2, 0) is 5.41 Å². The number of hydrogen-bond donors (Lipinski definition) is 1. The zero-order valence-electron chi connectivity index (χ0n) is 14.1. The van der Waals surface area contributed by atoms with Gasteiger partial charge in [-0.3, -0.25) is 0 Å². The number of halogens is 1. The highest BCUT2D eigenvalue weighted by atomic mass is 35.5. The topological polar surface area (TPSA) is 55.2 Å². The average Bonchev–Trinajstić information content (AvgIpc) is 3.00. The van der Waals surface area contributed by atoms with Gasteiger partial charge < -0.3 is 14.1 Å². The number of ether oxygens (including phenoxy) is 1. The average molecular weight is 346 g/mol. The van der Waals surface area contributed by atoms with E-state index >= 15 is 0 Å². The third kappa shape index (κ3) is 2.82.